The van der Waals surface area contributed by atoms with Crippen LogP contribution in [0.3, 0.4) is 0 Å². The van der Waals surface area contributed by atoms with Gasteiger partial charge in [-0.2, -0.15) is 0 Å². The van der Waals surface area contributed by atoms with Crippen LogP contribution in [0, 0.1) is 6.92 Å². The maximum absolute atomic E-state index is 12.8. The first kappa shape index (κ1) is 16.8. The molecule has 1 N–H and O–H groups in total. The van der Waals surface area contributed by atoms with Gasteiger partial charge in [0.2, 0.25) is 5.43 Å². The van der Waals surface area contributed by atoms with Crippen LogP contribution in [0.1, 0.15) is 22.8 Å². The molecule has 0 radical (unpaired) electrons. The van der Waals surface area contributed by atoms with Crippen molar-refractivity contribution >= 4 is 22.5 Å². The molecule has 128 valence electrons. The molecule has 3 rings (SSSR count). The lowest BCUT2D eigenvalue weighted by atomic mass is 10.1. The highest BCUT2D eigenvalue weighted by Gasteiger charge is 2.15. The number of nitrogens with zero attached hydrogens (tertiary/aromatic N) is 1. The number of amides is 1. The Morgan fingerprint density at radius 3 is 2.56 bits per heavy atom. The van der Waals surface area contributed by atoms with Crippen LogP contribution in [0.4, 0.5) is 5.69 Å². The zero-order valence-corrected chi connectivity index (χ0v) is 14.5. The number of pyridine rings is 1. The minimum absolute atomic E-state index is 0.101. The van der Waals surface area contributed by atoms with E-state index in [0.29, 0.717) is 23.4 Å². The molecule has 5 heteroatoms. The maximum Gasteiger partial charge on any atom is 0.261 e. The van der Waals surface area contributed by atoms with Gasteiger partial charge in [-0.1, -0.05) is 17.7 Å². The van der Waals surface area contributed by atoms with Crippen molar-refractivity contribution in [1.29, 1.82) is 0 Å². The van der Waals surface area contributed by atoms with Gasteiger partial charge in [0.15, 0.2) is 0 Å². The highest BCUT2D eigenvalue weighted by molar-refractivity contribution is 6.05. The lowest BCUT2D eigenvalue weighted by Crippen LogP contribution is -2.23. The first-order valence-electron chi connectivity index (χ1n) is 8.14. The number of hydrogen-bond donors (Lipinski definition) is 1. The van der Waals surface area contributed by atoms with Crippen molar-refractivity contribution in [3.63, 3.8) is 0 Å². The zero-order chi connectivity index (χ0) is 18.0. The fourth-order valence-corrected chi connectivity index (χ4v) is 2.73. The third kappa shape index (κ3) is 3.40. The fraction of sp³-hybridized carbons (Fsp3) is 0.200. The van der Waals surface area contributed by atoms with Crippen molar-refractivity contribution in [3.05, 3.63) is 70.0 Å². The Kier molecular flexibility index (Phi) is 4.57. The molecule has 2 aromatic carbocycles. The maximum atomic E-state index is 12.8. The molecule has 1 amide bonds. The molecule has 3 aromatic rings. The largest absolute Gasteiger partial charge is 0.494 e. The average Bonchev–Trinajstić information content (AvgIpc) is 2.60. The van der Waals surface area contributed by atoms with Gasteiger partial charge in [0, 0.05) is 18.9 Å². The Hall–Kier alpha value is -3.08. The molecule has 0 aliphatic rings. The Morgan fingerprint density at radius 1 is 1.16 bits per heavy atom. The molecule has 0 saturated heterocycles. The van der Waals surface area contributed by atoms with Gasteiger partial charge in [-0.05, 0) is 44.2 Å². The van der Waals surface area contributed by atoms with E-state index < -0.39 is 5.91 Å². The Balaban J connectivity index is 2.03. The van der Waals surface area contributed by atoms with Crippen LogP contribution in [0.25, 0.3) is 10.9 Å². The van der Waals surface area contributed by atoms with Gasteiger partial charge in [0.05, 0.1) is 17.5 Å². The van der Waals surface area contributed by atoms with E-state index in [4.69, 9.17) is 4.74 Å². The summed E-state index contributed by atoms with van der Waals surface area (Å²) in [5.74, 6) is 0.191. The number of benzene rings is 2. The Morgan fingerprint density at radius 2 is 1.88 bits per heavy atom. The van der Waals surface area contributed by atoms with Crippen LogP contribution in [0.15, 0.2) is 53.5 Å². The van der Waals surface area contributed by atoms with Crippen LogP contribution in [0.2, 0.25) is 0 Å². The smallest absolute Gasteiger partial charge is 0.261 e. The van der Waals surface area contributed by atoms with Crippen LogP contribution in [-0.2, 0) is 7.05 Å². The minimum Gasteiger partial charge on any atom is -0.494 e. The van der Waals surface area contributed by atoms with Gasteiger partial charge >= 0.3 is 0 Å². The number of anilines is 1. The second-order valence-electron chi connectivity index (χ2n) is 5.91. The first-order valence-corrected chi connectivity index (χ1v) is 8.14. The highest BCUT2D eigenvalue weighted by Crippen LogP contribution is 2.19. The topological polar surface area (TPSA) is 60.3 Å². The van der Waals surface area contributed by atoms with E-state index in [2.05, 4.69) is 5.32 Å². The fourth-order valence-electron chi connectivity index (χ4n) is 2.73. The van der Waals surface area contributed by atoms with Crippen molar-refractivity contribution < 1.29 is 9.53 Å². The van der Waals surface area contributed by atoms with E-state index in [1.807, 2.05) is 57.3 Å². The third-order valence-electron chi connectivity index (χ3n) is 4.03. The molecule has 0 saturated carbocycles. The molecule has 0 fully saturated rings. The number of aromatic nitrogens is 1. The summed E-state index contributed by atoms with van der Waals surface area (Å²) in [5, 5.41) is 3.24. The van der Waals surface area contributed by atoms with Crippen LogP contribution in [-0.4, -0.2) is 17.1 Å². The average molecular weight is 336 g/mol. The molecule has 0 aliphatic carbocycles. The molecule has 0 atom stereocenters. The summed E-state index contributed by atoms with van der Waals surface area (Å²) in [6.07, 6.45) is 1.56. The number of hydrogen-bond acceptors (Lipinski definition) is 3. The van der Waals surface area contributed by atoms with Crippen LogP contribution in [0.5, 0.6) is 5.75 Å². The van der Waals surface area contributed by atoms with Crippen molar-refractivity contribution in [2.75, 3.05) is 11.9 Å². The molecule has 0 bridgehead atoms. The predicted molar refractivity (Wildman–Crippen MR) is 99.5 cm³/mol. The van der Waals surface area contributed by atoms with Crippen LogP contribution >= 0.6 is 0 Å². The van der Waals surface area contributed by atoms with E-state index in [1.54, 1.807) is 16.8 Å². The summed E-state index contributed by atoms with van der Waals surface area (Å²) >= 11 is 0. The third-order valence-corrected chi connectivity index (χ3v) is 4.03. The van der Waals surface area contributed by atoms with E-state index in [9.17, 15) is 9.59 Å². The second kappa shape index (κ2) is 6.81. The number of fused-ring (bicyclic) bond motifs is 1. The lowest BCUT2D eigenvalue weighted by molar-refractivity contribution is 0.102. The van der Waals surface area contributed by atoms with Crippen LogP contribution < -0.4 is 15.5 Å². The highest BCUT2D eigenvalue weighted by atomic mass is 16.5. The molecular weight excluding hydrogens is 316 g/mol. The van der Waals surface area contributed by atoms with Crippen molar-refractivity contribution in [3.8, 4) is 5.75 Å². The van der Waals surface area contributed by atoms with Gasteiger partial charge in [0.1, 0.15) is 11.3 Å². The first-order chi connectivity index (χ1) is 12.0. The molecule has 5 nitrogen and oxygen atoms in total. The molecule has 1 heterocycles. The van der Waals surface area contributed by atoms with Gasteiger partial charge < -0.3 is 14.6 Å². The van der Waals surface area contributed by atoms with Crippen molar-refractivity contribution in [2.24, 2.45) is 7.05 Å². The number of rotatable bonds is 4. The number of carbonyl (C=O) groups excluding carboxylic acids is 1. The molecule has 1 aromatic heterocycles. The summed E-state index contributed by atoms with van der Waals surface area (Å²) in [7, 11) is 1.81. The molecule has 0 aliphatic heterocycles. The Labute approximate surface area is 145 Å². The monoisotopic (exact) mass is 336 g/mol. The predicted octanol–water partition coefficient (Wildman–Crippen LogP) is 3.50. The Bertz CT molecular complexity index is 988. The molecule has 0 unspecified atom stereocenters. The second-order valence-corrected chi connectivity index (χ2v) is 5.91. The molecule has 0 spiro atoms. The van der Waals surface area contributed by atoms with Gasteiger partial charge in [-0.25, -0.2) is 0 Å². The summed E-state index contributed by atoms with van der Waals surface area (Å²) in [6.45, 7) is 4.37. The summed E-state index contributed by atoms with van der Waals surface area (Å²) in [5.41, 5.74) is 2.30. The molecular formula is C20H20N2O3. The number of nitrogens with one attached hydrogen (secondary N) is 1. The number of aryl methyl sites for hydroxylation is 2. The van der Waals surface area contributed by atoms with Gasteiger partial charge in [-0.3, -0.25) is 9.59 Å². The normalized spacial score (nSPS) is 10.7. The SMILES string of the molecule is CCOc1ccc2c(c1)c(=O)c(C(=O)Nc1ccc(C)cc1)cn2C. The minimum atomic E-state index is -0.423. The summed E-state index contributed by atoms with van der Waals surface area (Å²) < 4.78 is 7.24. The van der Waals surface area contributed by atoms with E-state index in [1.165, 1.54) is 0 Å². The van der Waals surface area contributed by atoms with Gasteiger partial charge in [-0.15, -0.1) is 0 Å². The van der Waals surface area contributed by atoms with Gasteiger partial charge in [0.25, 0.3) is 5.91 Å². The standard InChI is InChI=1S/C20H20N2O3/c1-4-25-15-9-10-18-16(11-15)19(23)17(12-22(18)3)20(24)21-14-7-5-13(2)6-8-14/h5-12H,4H2,1-3H3,(H,21,24). The summed E-state index contributed by atoms with van der Waals surface area (Å²) in [6, 6.07) is 12.8. The van der Waals surface area contributed by atoms with Crippen molar-refractivity contribution in [1.82, 2.24) is 4.57 Å². The van der Waals surface area contributed by atoms with Crippen molar-refractivity contribution in [2.45, 2.75) is 13.8 Å². The lowest BCUT2D eigenvalue weighted by Gasteiger charge is -2.11. The summed E-state index contributed by atoms with van der Waals surface area (Å²) in [4.78, 5) is 25.4. The van der Waals surface area contributed by atoms with E-state index >= 15 is 0 Å². The molecule has 25 heavy (non-hydrogen) atoms. The van der Waals surface area contributed by atoms with E-state index in [0.717, 1.165) is 11.1 Å². The quantitative estimate of drug-likeness (QED) is 0.793. The number of ether oxygens (including phenoxy) is 1. The zero-order valence-electron chi connectivity index (χ0n) is 14.5. The number of carbonyl (C=O) groups is 1. The van der Waals surface area contributed by atoms with E-state index in [-0.39, 0.29) is 11.0 Å².